The number of amides is 1. The molecule has 1 N–H and O–H groups in total. The van der Waals surface area contributed by atoms with Crippen molar-refractivity contribution in [3.63, 3.8) is 0 Å². The molecule has 1 fully saturated rings. The van der Waals surface area contributed by atoms with Crippen LogP contribution in [0.1, 0.15) is 17.4 Å². The highest BCUT2D eigenvalue weighted by Gasteiger charge is 2.24. The summed E-state index contributed by atoms with van der Waals surface area (Å²) >= 11 is 13.5. The molecule has 0 aliphatic carbocycles. The van der Waals surface area contributed by atoms with Gasteiger partial charge in [-0.2, -0.15) is 0 Å². The number of ether oxygens (including phenoxy) is 1. The molecule has 1 aliphatic rings. The molecule has 1 aromatic heterocycles. The number of carbonyl (C=O) groups is 1. The second-order valence-corrected chi connectivity index (χ2v) is 8.67. The van der Waals surface area contributed by atoms with Gasteiger partial charge >= 0.3 is 0 Å². The third-order valence-electron chi connectivity index (χ3n) is 4.98. The maximum Gasteiger partial charge on any atom is 0.273 e. The van der Waals surface area contributed by atoms with Crippen LogP contribution in [0.2, 0.25) is 10.0 Å². The second kappa shape index (κ2) is 9.77. The smallest absolute Gasteiger partial charge is 0.273 e. The van der Waals surface area contributed by atoms with Crippen LogP contribution < -0.4 is 15.0 Å². The van der Waals surface area contributed by atoms with Crippen molar-refractivity contribution in [2.24, 2.45) is 0 Å². The Morgan fingerprint density at radius 3 is 2.52 bits per heavy atom. The molecular formula is C22H22Cl2N4O2S. The van der Waals surface area contributed by atoms with Gasteiger partial charge < -0.3 is 19.9 Å². The van der Waals surface area contributed by atoms with E-state index in [0.717, 1.165) is 30.2 Å². The lowest BCUT2D eigenvalue weighted by Crippen LogP contribution is -2.48. The molecular weight excluding hydrogens is 455 g/mol. The number of anilines is 3. The van der Waals surface area contributed by atoms with E-state index >= 15 is 0 Å². The number of hydrogen-bond donors (Lipinski definition) is 1. The fourth-order valence-corrected chi connectivity index (χ4v) is 4.36. The van der Waals surface area contributed by atoms with Gasteiger partial charge in [-0.1, -0.05) is 23.2 Å². The Bertz CT molecular complexity index is 1050. The molecule has 0 bridgehead atoms. The van der Waals surface area contributed by atoms with Gasteiger partial charge in [0.2, 0.25) is 0 Å². The minimum absolute atomic E-state index is 0.0511. The number of nitrogens with one attached hydrogen (secondary N) is 1. The molecule has 4 rings (SSSR count). The van der Waals surface area contributed by atoms with E-state index < -0.39 is 0 Å². The number of thiazole rings is 1. The van der Waals surface area contributed by atoms with Crippen molar-refractivity contribution in [1.82, 2.24) is 9.88 Å². The van der Waals surface area contributed by atoms with Gasteiger partial charge in [0.15, 0.2) is 5.13 Å². The van der Waals surface area contributed by atoms with Crippen LogP contribution in [0.25, 0.3) is 0 Å². The van der Waals surface area contributed by atoms with E-state index in [0.29, 0.717) is 40.6 Å². The molecule has 1 saturated heterocycles. The molecule has 0 unspecified atom stereocenters. The van der Waals surface area contributed by atoms with Gasteiger partial charge in [-0.15, -0.1) is 11.3 Å². The monoisotopic (exact) mass is 476 g/mol. The number of hydrogen-bond acceptors (Lipinski definition) is 6. The standard InChI is InChI=1S/C22H22Cl2N4O2S/c1-2-30-17-6-3-15(4-7-17)25-22-26-20(14-31-22)21(29)28-11-9-27(10-12-28)16-5-8-18(23)19(24)13-16/h3-8,13-14H,2,9-12H2,1H3,(H,25,26). The van der Waals surface area contributed by atoms with E-state index in [1.165, 1.54) is 11.3 Å². The second-order valence-electron chi connectivity index (χ2n) is 7.00. The normalized spacial score (nSPS) is 13.9. The van der Waals surface area contributed by atoms with Gasteiger partial charge in [0.05, 0.1) is 16.7 Å². The van der Waals surface area contributed by atoms with Crippen molar-refractivity contribution >= 4 is 57.0 Å². The molecule has 162 valence electrons. The van der Waals surface area contributed by atoms with Gasteiger partial charge in [-0.25, -0.2) is 4.98 Å². The molecule has 6 nitrogen and oxygen atoms in total. The van der Waals surface area contributed by atoms with Crippen LogP contribution >= 0.6 is 34.5 Å². The highest BCUT2D eigenvalue weighted by molar-refractivity contribution is 7.14. The lowest BCUT2D eigenvalue weighted by molar-refractivity contribution is 0.0742. The third-order valence-corrected chi connectivity index (χ3v) is 6.47. The lowest BCUT2D eigenvalue weighted by atomic mass is 10.2. The third kappa shape index (κ3) is 5.23. The molecule has 0 saturated carbocycles. The first-order valence-corrected chi connectivity index (χ1v) is 11.6. The minimum atomic E-state index is -0.0511. The Hall–Kier alpha value is -2.48. The Kier molecular flexibility index (Phi) is 6.85. The summed E-state index contributed by atoms with van der Waals surface area (Å²) in [7, 11) is 0. The van der Waals surface area contributed by atoms with Crippen molar-refractivity contribution in [2.75, 3.05) is 43.0 Å². The van der Waals surface area contributed by atoms with Gasteiger partial charge in [-0.3, -0.25) is 4.79 Å². The van der Waals surface area contributed by atoms with Gasteiger partial charge in [0, 0.05) is 42.9 Å². The molecule has 0 radical (unpaired) electrons. The first kappa shape index (κ1) is 21.7. The first-order valence-electron chi connectivity index (χ1n) is 9.98. The van der Waals surface area contributed by atoms with E-state index in [1.807, 2.05) is 48.2 Å². The number of aromatic nitrogens is 1. The average Bonchev–Trinajstić information content (AvgIpc) is 3.25. The predicted octanol–water partition coefficient (Wildman–Crippen LogP) is 5.55. The molecule has 3 aromatic rings. The van der Waals surface area contributed by atoms with Crippen LogP contribution in [0.15, 0.2) is 47.8 Å². The van der Waals surface area contributed by atoms with E-state index in [1.54, 1.807) is 11.4 Å². The van der Waals surface area contributed by atoms with Crippen molar-refractivity contribution in [3.05, 3.63) is 63.6 Å². The minimum Gasteiger partial charge on any atom is -0.494 e. The van der Waals surface area contributed by atoms with Crippen LogP contribution in [-0.4, -0.2) is 48.6 Å². The molecule has 1 amide bonds. The summed E-state index contributed by atoms with van der Waals surface area (Å²) in [6, 6.07) is 13.3. The van der Waals surface area contributed by atoms with Crippen LogP contribution in [0.4, 0.5) is 16.5 Å². The van der Waals surface area contributed by atoms with Crippen LogP contribution in [0.3, 0.4) is 0 Å². The Balaban J connectivity index is 1.34. The maximum atomic E-state index is 12.9. The molecule has 1 aliphatic heterocycles. The summed E-state index contributed by atoms with van der Waals surface area (Å²) in [4.78, 5) is 21.4. The lowest BCUT2D eigenvalue weighted by Gasteiger charge is -2.36. The molecule has 2 heterocycles. The fraction of sp³-hybridized carbons (Fsp3) is 0.273. The summed E-state index contributed by atoms with van der Waals surface area (Å²) in [6.07, 6.45) is 0. The SMILES string of the molecule is CCOc1ccc(Nc2nc(C(=O)N3CCN(c4ccc(Cl)c(Cl)c4)CC3)cs2)cc1. The highest BCUT2D eigenvalue weighted by atomic mass is 35.5. The number of benzene rings is 2. The molecule has 0 atom stereocenters. The summed E-state index contributed by atoms with van der Waals surface area (Å²) in [5, 5.41) is 6.79. The van der Waals surface area contributed by atoms with Crippen molar-refractivity contribution in [3.8, 4) is 5.75 Å². The number of nitrogens with zero attached hydrogens (tertiary/aromatic N) is 3. The van der Waals surface area contributed by atoms with Crippen LogP contribution in [-0.2, 0) is 0 Å². The van der Waals surface area contributed by atoms with Crippen LogP contribution in [0.5, 0.6) is 5.75 Å². The van der Waals surface area contributed by atoms with E-state index in [9.17, 15) is 4.79 Å². The number of halogens is 2. The molecule has 9 heteroatoms. The zero-order chi connectivity index (χ0) is 21.8. The number of piperazine rings is 1. The Morgan fingerprint density at radius 2 is 1.84 bits per heavy atom. The largest absolute Gasteiger partial charge is 0.494 e. The topological polar surface area (TPSA) is 57.7 Å². The van der Waals surface area contributed by atoms with E-state index in [2.05, 4.69) is 15.2 Å². The predicted molar refractivity (Wildman–Crippen MR) is 128 cm³/mol. The molecule has 31 heavy (non-hydrogen) atoms. The zero-order valence-corrected chi connectivity index (χ0v) is 19.3. The van der Waals surface area contributed by atoms with Crippen molar-refractivity contribution < 1.29 is 9.53 Å². The Morgan fingerprint density at radius 1 is 1.10 bits per heavy atom. The van der Waals surface area contributed by atoms with E-state index in [4.69, 9.17) is 27.9 Å². The molecule has 2 aromatic carbocycles. The number of rotatable bonds is 6. The summed E-state index contributed by atoms with van der Waals surface area (Å²) in [6.45, 7) is 5.28. The van der Waals surface area contributed by atoms with Crippen molar-refractivity contribution in [1.29, 1.82) is 0 Å². The van der Waals surface area contributed by atoms with Crippen LogP contribution in [0, 0.1) is 0 Å². The fourth-order valence-electron chi connectivity index (χ4n) is 3.37. The maximum absolute atomic E-state index is 12.9. The summed E-state index contributed by atoms with van der Waals surface area (Å²) < 4.78 is 5.45. The first-order chi connectivity index (χ1) is 15.0. The highest BCUT2D eigenvalue weighted by Crippen LogP contribution is 2.28. The summed E-state index contributed by atoms with van der Waals surface area (Å²) in [5.41, 5.74) is 2.37. The van der Waals surface area contributed by atoms with Gasteiger partial charge in [0.1, 0.15) is 11.4 Å². The van der Waals surface area contributed by atoms with Crippen molar-refractivity contribution in [2.45, 2.75) is 6.92 Å². The Labute approximate surface area is 195 Å². The summed E-state index contributed by atoms with van der Waals surface area (Å²) in [5.74, 6) is 0.771. The van der Waals surface area contributed by atoms with E-state index in [-0.39, 0.29) is 5.91 Å². The zero-order valence-electron chi connectivity index (χ0n) is 17.0. The molecule has 0 spiro atoms. The number of carbonyl (C=O) groups excluding carboxylic acids is 1. The van der Waals surface area contributed by atoms with Gasteiger partial charge in [0.25, 0.3) is 5.91 Å². The quantitative estimate of drug-likeness (QED) is 0.504. The van der Waals surface area contributed by atoms with Gasteiger partial charge in [-0.05, 0) is 49.4 Å². The average molecular weight is 477 g/mol.